The van der Waals surface area contributed by atoms with E-state index < -0.39 is 0 Å². The molecule has 1 fully saturated rings. The van der Waals surface area contributed by atoms with Gasteiger partial charge in [-0.15, -0.1) is 0 Å². The van der Waals surface area contributed by atoms with Crippen molar-refractivity contribution in [2.75, 3.05) is 20.2 Å². The Labute approximate surface area is 64.0 Å². The first-order chi connectivity index (χ1) is 4.81. The van der Waals surface area contributed by atoms with E-state index in [-0.39, 0.29) is 0 Å². The molecule has 0 saturated carbocycles. The van der Waals surface area contributed by atoms with Crippen LogP contribution < -0.4 is 5.32 Å². The molecule has 1 aliphatic heterocycles. The van der Waals surface area contributed by atoms with Crippen molar-refractivity contribution < 1.29 is 4.74 Å². The summed E-state index contributed by atoms with van der Waals surface area (Å²) in [5.74, 6) is 0. The van der Waals surface area contributed by atoms with E-state index in [9.17, 15) is 0 Å². The van der Waals surface area contributed by atoms with Crippen LogP contribution in [0, 0.1) is 0 Å². The minimum absolute atomic E-state index is 0.546. The Morgan fingerprint density at radius 3 is 2.30 bits per heavy atom. The van der Waals surface area contributed by atoms with E-state index in [0.29, 0.717) is 6.10 Å². The monoisotopic (exact) mass is 145 g/mol. The first-order valence-corrected chi connectivity index (χ1v) is 4.07. The molecule has 1 saturated heterocycles. The van der Waals surface area contributed by atoms with Crippen LogP contribution in [0.25, 0.3) is 0 Å². The molecule has 0 aromatic heterocycles. The fraction of sp³-hybridized carbons (Fsp3) is 1.00. The normalized spacial score (nSPS) is 23.7. The maximum Gasteiger partial charge on any atom is 0.0547 e. The van der Waals surface area contributed by atoms with Crippen LogP contribution in [-0.2, 0) is 4.74 Å². The third kappa shape index (κ3) is 6.05. The summed E-state index contributed by atoms with van der Waals surface area (Å²) >= 11 is 0. The molecular weight excluding hydrogens is 126 g/mol. The molecule has 0 bridgehead atoms. The average molecular weight is 145 g/mol. The van der Waals surface area contributed by atoms with Crippen LogP contribution >= 0.6 is 0 Å². The van der Waals surface area contributed by atoms with Gasteiger partial charge in [-0.3, -0.25) is 0 Å². The SMILES string of the molecule is CC1CCCO1.CCNC. The minimum Gasteiger partial charge on any atom is -0.379 e. The third-order valence-electron chi connectivity index (χ3n) is 1.51. The average Bonchev–Trinajstić information content (AvgIpc) is 2.40. The zero-order valence-corrected chi connectivity index (χ0v) is 7.31. The Hall–Kier alpha value is -0.0800. The smallest absolute Gasteiger partial charge is 0.0547 e. The van der Waals surface area contributed by atoms with Gasteiger partial charge in [-0.2, -0.15) is 0 Å². The predicted molar refractivity (Wildman–Crippen MR) is 44.2 cm³/mol. The van der Waals surface area contributed by atoms with Gasteiger partial charge in [-0.05, 0) is 33.4 Å². The van der Waals surface area contributed by atoms with Crippen molar-refractivity contribution in [3.8, 4) is 0 Å². The lowest BCUT2D eigenvalue weighted by atomic mass is 10.3. The molecule has 1 N–H and O–H groups in total. The van der Waals surface area contributed by atoms with Crippen LogP contribution in [0.1, 0.15) is 26.7 Å². The first-order valence-electron chi connectivity index (χ1n) is 4.07. The number of hydrogen-bond donors (Lipinski definition) is 1. The van der Waals surface area contributed by atoms with Crippen LogP contribution in [-0.4, -0.2) is 26.3 Å². The van der Waals surface area contributed by atoms with Crippen molar-refractivity contribution in [1.82, 2.24) is 5.32 Å². The van der Waals surface area contributed by atoms with Crippen molar-refractivity contribution in [1.29, 1.82) is 0 Å². The van der Waals surface area contributed by atoms with Gasteiger partial charge in [0, 0.05) is 6.61 Å². The van der Waals surface area contributed by atoms with Gasteiger partial charge < -0.3 is 10.1 Å². The second-order valence-corrected chi connectivity index (χ2v) is 2.53. The topological polar surface area (TPSA) is 21.3 Å². The lowest BCUT2D eigenvalue weighted by Crippen LogP contribution is -2.01. The zero-order chi connectivity index (χ0) is 7.82. The molecule has 0 aromatic rings. The largest absolute Gasteiger partial charge is 0.379 e. The van der Waals surface area contributed by atoms with E-state index in [2.05, 4.69) is 19.2 Å². The van der Waals surface area contributed by atoms with Gasteiger partial charge in [0.1, 0.15) is 0 Å². The molecule has 0 aromatic carbocycles. The van der Waals surface area contributed by atoms with Crippen molar-refractivity contribution in [2.45, 2.75) is 32.8 Å². The summed E-state index contributed by atoms with van der Waals surface area (Å²) in [5.41, 5.74) is 0. The highest BCUT2D eigenvalue weighted by atomic mass is 16.5. The fourth-order valence-electron chi connectivity index (χ4n) is 0.739. The molecule has 0 amide bonds. The van der Waals surface area contributed by atoms with E-state index >= 15 is 0 Å². The standard InChI is InChI=1S/C5H10O.C3H9N/c1-5-3-2-4-6-5;1-3-4-2/h5H,2-4H2,1H3;4H,3H2,1-2H3. The third-order valence-corrected chi connectivity index (χ3v) is 1.51. The second kappa shape index (κ2) is 7.03. The van der Waals surface area contributed by atoms with Crippen molar-refractivity contribution in [3.63, 3.8) is 0 Å². The van der Waals surface area contributed by atoms with Gasteiger partial charge in [0.15, 0.2) is 0 Å². The van der Waals surface area contributed by atoms with Gasteiger partial charge in [0.05, 0.1) is 6.10 Å². The molecule has 1 heterocycles. The molecule has 1 unspecified atom stereocenters. The van der Waals surface area contributed by atoms with Crippen molar-refractivity contribution in [2.24, 2.45) is 0 Å². The van der Waals surface area contributed by atoms with E-state index in [0.717, 1.165) is 13.2 Å². The molecular formula is C8H19NO. The van der Waals surface area contributed by atoms with E-state index in [4.69, 9.17) is 4.74 Å². The summed E-state index contributed by atoms with van der Waals surface area (Å²) in [7, 11) is 1.93. The highest BCUT2D eigenvalue weighted by Crippen LogP contribution is 2.09. The Kier molecular flexibility index (Phi) is 6.98. The summed E-state index contributed by atoms with van der Waals surface area (Å²) in [6, 6.07) is 0. The maximum absolute atomic E-state index is 5.15. The summed E-state index contributed by atoms with van der Waals surface area (Å²) in [4.78, 5) is 0. The second-order valence-electron chi connectivity index (χ2n) is 2.53. The Morgan fingerprint density at radius 2 is 2.20 bits per heavy atom. The number of rotatable bonds is 1. The van der Waals surface area contributed by atoms with Crippen LogP contribution in [0.15, 0.2) is 0 Å². The highest BCUT2D eigenvalue weighted by Gasteiger charge is 2.07. The highest BCUT2D eigenvalue weighted by molar-refractivity contribution is 4.56. The number of nitrogens with one attached hydrogen (secondary N) is 1. The zero-order valence-electron chi connectivity index (χ0n) is 7.31. The molecule has 1 rings (SSSR count). The summed E-state index contributed by atoms with van der Waals surface area (Å²) in [6.45, 7) is 6.24. The lowest BCUT2D eigenvalue weighted by Gasteiger charge is -1.94. The fourth-order valence-corrected chi connectivity index (χ4v) is 0.739. The van der Waals surface area contributed by atoms with E-state index in [1.54, 1.807) is 0 Å². The molecule has 10 heavy (non-hydrogen) atoms. The number of hydrogen-bond acceptors (Lipinski definition) is 2. The molecule has 62 valence electrons. The van der Waals surface area contributed by atoms with Crippen molar-refractivity contribution >= 4 is 0 Å². The van der Waals surface area contributed by atoms with Gasteiger partial charge in [0.2, 0.25) is 0 Å². The molecule has 0 aliphatic carbocycles. The minimum atomic E-state index is 0.546. The molecule has 0 radical (unpaired) electrons. The Morgan fingerprint density at radius 1 is 1.60 bits per heavy atom. The maximum atomic E-state index is 5.15. The quantitative estimate of drug-likeness (QED) is 0.602. The molecule has 1 aliphatic rings. The van der Waals surface area contributed by atoms with Gasteiger partial charge in [-0.25, -0.2) is 0 Å². The molecule has 2 heteroatoms. The van der Waals surface area contributed by atoms with Crippen LogP contribution in [0.3, 0.4) is 0 Å². The molecule has 2 nitrogen and oxygen atoms in total. The summed E-state index contributed by atoms with van der Waals surface area (Å²) < 4.78 is 5.15. The Bertz CT molecular complexity index is 58.3. The van der Waals surface area contributed by atoms with Gasteiger partial charge in [-0.1, -0.05) is 6.92 Å². The summed E-state index contributed by atoms with van der Waals surface area (Å²) in [5, 5.41) is 2.93. The first kappa shape index (κ1) is 9.92. The van der Waals surface area contributed by atoms with Crippen molar-refractivity contribution in [3.05, 3.63) is 0 Å². The predicted octanol–water partition coefficient (Wildman–Crippen LogP) is 1.41. The lowest BCUT2D eigenvalue weighted by molar-refractivity contribution is 0.125. The molecule has 0 spiro atoms. The van der Waals surface area contributed by atoms with Crippen LogP contribution in [0.5, 0.6) is 0 Å². The Balaban J connectivity index is 0.000000180. The van der Waals surface area contributed by atoms with E-state index in [1.165, 1.54) is 12.8 Å². The van der Waals surface area contributed by atoms with Gasteiger partial charge >= 0.3 is 0 Å². The summed E-state index contributed by atoms with van der Waals surface area (Å²) in [6.07, 6.45) is 3.08. The van der Waals surface area contributed by atoms with Crippen LogP contribution in [0.4, 0.5) is 0 Å². The van der Waals surface area contributed by atoms with E-state index in [1.807, 2.05) is 7.05 Å². The number of ether oxygens (including phenoxy) is 1. The molecule has 1 atom stereocenters. The van der Waals surface area contributed by atoms with Gasteiger partial charge in [0.25, 0.3) is 0 Å². The van der Waals surface area contributed by atoms with Crippen LogP contribution in [0.2, 0.25) is 0 Å².